The van der Waals surface area contributed by atoms with Gasteiger partial charge in [-0.1, -0.05) is 32.0 Å². The molecule has 0 saturated heterocycles. The normalized spacial score (nSPS) is 12.6. The Hall–Kier alpha value is -1.12. The fraction of sp³-hybridized carbons (Fsp3) is 0.412. The lowest BCUT2D eigenvalue weighted by molar-refractivity contribution is 0.694. The van der Waals surface area contributed by atoms with Gasteiger partial charge in [0.1, 0.15) is 0 Å². The summed E-state index contributed by atoms with van der Waals surface area (Å²) >= 11 is 1.89. The highest BCUT2D eigenvalue weighted by atomic mass is 32.1. The summed E-state index contributed by atoms with van der Waals surface area (Å²) in [5.74, 6) is 0. The van der Waals surface area contributed by atoms with E-state index in [1.165, 1.54) is 26.4 Å². The number of benzene rings is 1. The number of thiophene rings is 1. The highest BCUT2D eigenvalue weighted by Crippen LogP contribution is 2.31. The molecule has 2 rings (SSSR count). The SMILES string of the molecule is CCc1ccc(CC)c(C(NC)c2ccc(C)s2)c1. The molecule has 19 heavy (non-hydrogen) atoms. The molecular weight excluding hydrogens is 250 g/mol. The average molecular weight is 273 g/mol. The van der Waals surface area contributed by atoms with Gasteiger partial charge >= 0.3 is 0 Å². The monoisotopic (exact) mass is 273 g/mol. The highest BCUT2D eigenvalue weighted by Gasteiger charge is 2.17. The zero-order valence-corrected chi connectivity index (χ0v) is 13.1. The number of rotatable bonds is 5. The third-order valence-corrected chi connectivity index (χ3v) is 4.71. The molecule has 0 fully saturated rings. The van der Waals surface area contributed by atoms with Crippen molar-refractivity contribution >= 4 is 11.3 Å². The van der Waals surface area contributed by atoms with Crippen LogP contribution in [0.3, 0.4) is 0 Å². The third kappa shape index (κ3) is 3.07. The third-order valence-electron chi connectivity index (χ3n) is 3.64. The Morgan fingerprint density at radius 2 is 1.89 bits per heavy atom. The fourth-order valence-electron chi connectivity index (χ4n) is 2.51. The molecule has 0 radical (unpaired) electrons. The molecule has 1 N–H and O–H groups in total. The largest absolute Gasteiger partial charge is 0.309 e. The van der Waals surface area contributed by atoms with Crippen LogP contribution in [0.25, 0.3) is 0 Å². The number of hydrogen-bond acceptors (Lipinski definition) is 2. The first-order valence-corrected chi connectivity index (χ1v) is 7.86. The highest BCUT2D eigenvalue weighted by molar-refractivity contribution is 7.12. The van der Waals surface area contributed by atoms with Crippen molar-refractivity contribution < 1.29 is 0 Å². The molecule has 0 aliphatic rings. The molecule has 0 amide bonds. The molecule has 102 valence electrons. The summed E-state index contributed by atoms with van der Waals surface area (Å²) in [6.07, 6.45) is 2.18. The first-order chi connectivity index (χ1) is 9.19. The smallest absolute Gasteiger partial charge is 0.0671 e. The Morgan fingerprint density at radius 3 is 2.42 bits per heavy atom. The lowest BCUT2D eigenvalue weighted by Crippen LogP contribution is -2.18. The molecule has 1 unspecified atom stereocenters. The van der Waals surface area contributed by atoms with Crippen molar-refractivity contribution in [1.82, 2.24) is 5.32 Å². The van der Waals surface area contributed by atoms with Gasteiger partial charge in [-0.15, -0.1) is 11.3 Å². The Balaban J connectivity index is 2.47. The van der Waals surface area contributed by atoms with E-state index in [0.717, 1.165) is 12.8 Å². The van der Waals surface area contributed by atoms with Crippen LogP contribution in [0.2, 0.25) is 0 Å². The van der Waals surface area contributed by atoms with Gasteiger partial charge in [-0.25, -0.2) is 0 Å². The van der Waals surface area contributed by atoms with Gasteiger partial charge in [0, 0.05) is 9.75 Å². The van der Waals surface area contributed by atoms with E-state index in [4.69, 9.17) is 0 Å². The summed E-state index contributed by atoms with van der Waals surface area (Å²) in [5.41, 5.74) is 4.30. The van der Waals surface area contributed by atoms with E-state index in [2.05, 4.69) is 63.5 Å². The quantitative estimate of drug-likeness (QED) is 0.846. The van der Waals surface area contributed by atoms with Crippen molar-refractivity contribution in [2.75, 3.05) is 7.05 Å². The van der Waals surface area contributed by atoms with Crippen LogP contribution in [0.5, 0.6) is 0 Å². The van der Waals surface area contributed by atoms with E-state index >= 15 is 0 Å². The lowest BCUT2D eigenvalue weighted by atomic mass is 9.94. The Labute approximate surface area is 120 Å². The molecule has 2 heteroatoms. The van der Waals surface area contributed by atoms with Crippen molar-refractivity contribution in [3.63, 3.8) is 0 Å². The molecule has 2 aromatic rings. The van der Waals surface area contributed by atoms with E-state index in [0.29, 0.717) is 6.04 Å². The molecule has 1 heterocycles. The van der Waals surface area contributed by atoms with Crippen LogP contribution in [0.4, 0.5) is 0 Å². The Bertz CT molecular complexity index is 542. The van der Waals surface area contributed by atoms with Crippen molar-refractivity contribution in [2.45, 2.75) is 39.7 Å². The van der Waals surface area contributed by atoms with Gasteiger partial charge in [0.05, 0.1) is 6.04 Å². The topological polar surface area (TPSA) is 12.0 Å². The summed E-state index contributed by atoms with van der Waals surface area (Å²) in [6.45, 7) is 6.62. The van der Waals surface area contributed by atoms with Crippen molar-refractivity contribution in [3.05, 3.63) is 56.8 Å². The standard InChI is InChI=1S/C17H23NS/c1-5-13-8-9-14(6-2)15(11-13)17(18-4)16-10-7-12(3)19-16/h7-11,17-18H,5-6H2,1-4H3. The molecule has 0 spiro atoms. The first kappa shape index (κ1) is 14.3. The van der Waals surface area contributed by atoms with Crippen LogP contribution in [-0.4, -0.2) is 7.05 Å². The molecule has 1 aromatic carbocycles. The van der Waals surface area contributed by atoms with Crippen molar-refractivity contribution in [3.8, 4) is 0 Å². The molecule has 0 aliphatic heterocycles. The second-order valence-electron chi connectivity index (χ2n) is 4.91. The van der Waals surface area contributed by atoms with Crippen LogP contribution >= 0.6 is 11.3 Å². The maximum atomic E-state index is 3.48. The van der Waals surface area contributed by atoms with Gasteiger partial charge in [-0.3, -0.25) is 0 Å². The van der Waals surface area contributed by atoms with Gasteiger partial charge in [0.25, 0.3) is 0 Å². The van der Waals surface area contributed by atoms with Crippen LogP contribution in [0.15, 0.2) is 30.3 Å². The summed E-state index contributed by atoms with van der Waals surface area (Å²) < 4.78 is 0. The van der Waals surface area contributed by atoms with Crippen molar-refractivity contribution in [1.29, 1.82) is 0 Å². The molecular formula is C17H23NS. The number of aryl methyl sites for hydroxylation is 3. The minimum atomic E-state index is 0.320. The zero-order chi connectivity index (χ0) is 13.8. The van der Waals surface area contributed by atoms with Gasteiger partial charge < -0.3 is 5.32 Å². The minimum absolute atomic E-state index is 0.320. The molecule has 1 aromatic heterocycles. The summed E-state index contributed by atoms with van der Waals surface area (Å²) in [5, 5.41) is 3.48. The summed E-state index contributed by atoms with van der Waals surface area (Å²) in [4.78, 5) is 2.78. The average Bonchev–Trinajstić information content (AvgIpc) is 2.86. The lowest BCUT2D eigenvalue weighted by Gasteiger charge is -2.19. The molecule has 0 aliphatic carbocycles. The molecule has 0 saturated carbocycles. The van der Waals surface area contributed by atoms with Gasteiger partial charge in [0.15, 0.2) is 0 Å². The predicted octanol–water partition coefficient (Wildman–Crippen LogP) is 4.49. The first-order valence-electron chi connectivity index (χ1n) is 7.04. The maximum Gasteiger partial charge on any atom is 0.0671 e. The van der Waals surface area contributed by atoms with Gasteiger partial charge in [0.2, 0.25) is 0 Å². The van der Waals surface area contributed by atoms with Gasteiger partial charge in [-0.05, 0) is 55.6 Å². The minimum Gasteiger partial charge on any atom is -0.309 e. The van der Waals surface area contributed by atoms with E-state index in [1.807, 2.05) is 11.3 Å². The van der Waals surface area contributed by atoms with E-state index < -0.39 is 0 Å². The second kappa shape index (κ2) is 6.36. The van der Waals surface area contributed by atoms with E-state index in [-0.39, 0.29) is 0 Å². The molecule has 1 nitrogen and oxygen atoms in total. The summed E-state index contributed by atoms with van der Waals surface area (Å²) in [7, 11) is 2.05. The van der Waals surface area contributed by atoms with Crippen LogP contribution < -0.4 is 5.32 Å². The summed E-state index contributed by atoms with van der Waals surface area (Å²) in [6, 6.07) is 11.7. The maximum absolute atomic E-state index is 3.48. The number of hydrogen-bond donors (Lipinski definition) is 1. The zero-order valence-electron chi connectivity index (χ0n) is 12.3. The Kier molecular flexibility index (Phi) is 4.78. The fourth-order valence-corrected chi connectivity index (χ4v) is 3.52. The molecule has 1 atom stereocenters. The number of nitrogens with one attached hydrogen (secondary N) is 1. The predicted molar refractivity (Wildman–Crippen MR) is 85.2 cm³/mol. The van der Waals surface area contributed by atoms with E-state index in [1.54, 1.807) is 0 Å². The van der Waals surface area contributed by atoms with E-state index in [9.17, 15) is 0 Å². The van der Waals surface area contributed by atoms with Crippen LogP contribution in [-0.2, 0) is 12.8 Å². The van der Waals surface area contributed by atoms with Gasteiger partial charge in [-0.2, -0.15) is 0 Å². The van der Waals surface area contributed by atoms with Crippen molar-refractivity contribution in [2.24, 2.45) is 0 Å². The second-order valence-corrected chi connectivity index (χ2v) is 6.23. The molecule has 0 bridgehead atoms. The van der Waals surface area contributed by atoms with Crippen LogP contribution in [0.1, 0.15) is 46.3 Å². The Morgan fingerprint density at radius 1 is 1.11 bits per heavy atom. The van der Waals surface area contributed by atoms with Crippen LogP contribution in [0, 0.1) is 6.92 Å².